The van der Waals surface area contributed by atoms with Crippen molar-refractivity contribution in [2.75, 3.05) is 5.32 Å². The second-order valence-electron chi connectivity index (χ2n) is 8.25. The first-order chi connectivity index (χ1) is 12.6. The highest BCUT2D eigenvalue weighted by atomic mass is 19.3. The second-order valence-corrected chi connectivity index (χ2v) is 8.25. The van der Waals surface area contributed by atoms with Gasteiger partial charge in [0.15, 0.2) is 0 Å². The molecule has 0 unspecified atom stereocenters. The molecular weight excluding hydrogens is 364 g/mol. The molecule has 0 aromatic carbocycles. The maximum Gasteiger partial charge on any atom is 0.320 e. The fraction of sp³-hybridized carbons (Fsp3) is 0.778. The van der Waals surface area contributed by atoms with Crippen LogP contribution in [0.5, 0.6) is 0 Å². The number of hydrogen-bond donors (Lipinski definition) is 2. The minimum absolute atomic E-state index is 0.203. The van der Waals surface area contributed by atoms with Crippen molar-refractivity contribution in [3.8, 4) is 0 Å². The molecule has 150 valence electrons. The average Bonchev–Trinajstić information content (AvgIpc) is 2.96. The first kappa shape index (κ1) is 18.6. The van der Waals surface area contributed by atoms with E-state index in [4.69, 9.17) is 0 Å². The van der Waals surface area contributed by atoms with Crippen molar-refractivity contribution in [3.63, 3.8) is 0 Å². The van der Waals surface area contributed by atoms with Crippen molar-refractivity contribution in [1.29, 1.82) is 0 Å². The number of aryl methyl sites for hydroxylation is 1. The summed E-state index contributed by atoms with van der Waals surface area (Å²) in [5, 5.41) is 9.77. The number of carbonyl (C=O) groups is 1. The number of urea groups is 1. The van der Waals surface area contributed by atoms with E-state index in [2.05, 4.69) is 15.7 Å². The number of nitrogens with one attached hydrogen (secondary N) is 2. The van der Waals surface area contributed by atoms with Gasteiger partial charge in [0.2, 0.25) is 11.8 Å². The standard InChI is InChI=1S/C18H24F4N4O/c1-26-15(24-16(27)23-12-5-6-17(19,20)9-12)13(10-3-2-4-10)14(25-26)11-7-18(21,22)8-11/h10-12H,2-9H2,1H3,(H2,23,24,27)/t12-/m0/s1. The summed E-state index contributed by atoms with van der Waals surface area (Å²) in [5.41, 5.74) is 1.49. The molecule has 27 heavy (non-hydrogen) atoms. The molecule has 3 aliphatic rings. The fourth-order valence-corrected chi connectivity index (χ4v) is 4.37. The molecule has 9 heteroatoms. The smallest absolute Gasteiger partial charge is 0.320 e. The van der Waals surface area contributed by atoms with Crippen LogP contribution in [0, 0.1) is 0 Å². The lowest BCUT2D eigenvalue weighted by atomic mass is 9.73. The van der Waals surface area contributed by atoms with Crippen LogP contribution < -0.4 is 10.6 Å². The summed E-state index contributed by atoms with van der Waals surface area (Å²) in [6.07, 6.45) is 2.16. The Balaban J connectivity index is 1.50. The van der Waals surface area contributed by atoms with Crippen LogP contribution >= 0.6 is 0 Å². The van der Waals surface area contributed by atoms with Crippen molar-refractivity contribution in [3.05, 3.63) is 11.3 Å². The zero-order chi connectivity index (χ0) is 19.4. The highest BCUT2D eigenvalue weighted by Crippen LogP contribution is 2.52. The lowest BCUT2D eigenvalue weighted by Gasteiger charge is -2.36. The van der Waals surface area contributed by atoms with Gasteiger partial charge in [-0.05, 0) is 25.2 Å². The number of halogens is 4. The Morgan fingerprint density at radius 3 is 2.30 bits per heavy atom. The lowest BCUT2D eigenvalue weighted by Crippen LogP contribution is -2.38. The maximum atomic E-state index is 13.3. The third kappa shape index (κ3) is 3.65. The minimum Gasteiger partial charge on any atom is -0.335 e. The Morgan fingerprint density at radius 1 is 1.07 bits per heavy atom. The second kappa shape index (κ2) is 6.38. The molecule has 4 rings (SSSR count). The van der Waals surface area contributed by atoms with Crippen LogP contribution in [0.2, 0.25) is 0 Å². The quantitative estimate of drug-likeness (QED) is 0.746. The summed E-state index contributed by atoms with van der Waals surface area (Å²) in [6, 6.07) is -1.11. The van der Waals surface area contributed by atoms with Crippen LogP contribution in [0.25, 0.3) is 0 Å². The normalized spacial score (nSPS) is 27.1. The van der Waals surface area contributed by atoms with Gasteiger partial charge >= 0.3 is 6.03 Å². The molecule has 5 nitrogen and oxygen atoms in total. The molecule has 1 heterocycles. The van der Waals surface area contributed by atoms with E-state index in [0.29, 0.717) is 11.5 Å². The Kier molecular flexibility index (Phi) is 4.38. The minimum atomic E-state index is -2.73. The van der Waals surface area contributed by atoms with Gasteiger partial charge in [0.1, 0.15) is 5.82 Å². The van der Waals surface area contributed by atoms with Crippen LogP contribution in [-0.4, -0.2) is 33.7 Å². The zero-order valence-electron chi connectivity index (χ0n) is 15.2. The van der Waals surface area contributed by atoms with E-state index < -0.39 is 23.9 Å². The number of nitrogens with zero attached hydrogens (tertiary/aromatic N) is 2. The van der Waals surface area contributed by atoms with E-state index in [1.807, 2.05) is 0 Å². The fourth-order valence-electron chi connectivity index (χ4n) is 4.37. The predicted octanol–water partition coefficient (Wildman–Crippen LogP) is 4.51. The first-order valence-corrected chi connectivity index (χ1v) is 9.53. The van der Waals surface area contributed by atoms with E-state index in [9.17, 15) is 22.4 Å². The molecule has 0 radical (unpaired) electrons. The maximum absolute atomic E-state index is 13.3. The Morgan fingerprint density at radius 2 is 1.78 bits per heavy atom. The summed E-state index contributed by atoms with van der Waals surface area (Å²) in [5.74, 6) is -4.97. The summed E-state index contributed by atoms with van der Waals surface area (Å²) >= 11 is 0. The monoisotopic (exact) mass is 388 g/mol. The van der Waals surface area contributed by atoms with Crippen molar-refractivity contribution < 1.29 is 22.4 Å². The molecule has 0 bridgehead atoms. The van der Waals surface area contributed by atoms with Crippen molar-refractivity contribution in [1.82, 2.24) is 15.1 Å². The van der Waals surface area contributed by atoms with Gasteiger partial charge in [-0.1, -0.05) is 6.42 Å². The number of carbonyl (C=O) groups excluding carboxylic acids is 1. The molecule has 1 aromatic rings. The van der Waals surface area contributed by atoms with Gasteiger partial charge in [-0.25, -0.2) is 22.4 Å². The summed E-state index contributed by atoms with van der Waals surface area (Å²) in [4.78, 5) is 12.4. The highest BCUT2D eigenvalue weighted by molar-refractivity contribution is 5.89. The van der Waals surface area contributed by atoms with E-state index in [0.717, 1.165) is 24.8 Å². The van der Waals surface area contributed by atoms with E-state index in [-0.39, 0.29) is 43.9 Å². The van der Waals surface area contributed by atoms with E-state index >= 15 is 0 Å². The van der Waals surface area contributed by atoms with Gasteiger partial charge < -0.3 is 5.32 Å². The zero-order valence-corrected chi connectivity index (χ0v) is 15.2. The predicted molar refractivity (Wildman–Crippen MR) is 91.5 cm³/mol. The Bertz CT molecular complexity index is 736. The molecule has 0 spiro atoms. The number of hydrogen-bond acceptors (Lipinski definition) is 2. The molecule has 3 fully saturated rings. The number of amides is 2. The molecule has 0 aliphatic heterocycles. The SMILES string of the molecule is Cn1nc(C2CC(F)(F)C2)c(C2CCC2)c1NC(=O)N[C@H]1CCC(F)(F)C1. The molecule has 2 amide bonds. The van der Waals surface area contributed by atoms with E-state index in [1.165, 1.54) is 4.68 Å². The third-order valence-electron chi connectivity index (χ3n) is 6.07. The molecule has 3 saturated carbocycles. The Hall–Kier alpha value is -1.80. The van der Waals surface area contributed by atoms with Gasteiger partial charge in [-0.3, -0.25) is 10.00 Å². The van der Waals surface area contributed by atoms with Gasteiger partial charge in [0, 0.05) is 50.3 Å². The number of alkyl halides is 4. The molecule has 1 aromatic heterocycles. The number of anilines is 1. The van der Waals surface area contributed by atoms with Gasteiger partial charge in [-0.2, -0.15) is 5.10 Å². The van der Waals surface area contributed by atoms with E-state index in [1.54, 1.807) is 7.05 Å². The van der Waals surface area contributed by atoms with Crippen LogP contribution in [0.3, 0.4) is 0 Å². The largest absolute Gasteiger partial charge is 0.335 e. The molecule has 0 saturated heterocycles. The average molecular weight is 388 g/mol. The van der Waals surface area contributed by atoms with Crippen molar-refractivity contribution in [2.45, 2.75) is 81.1 Å². The lowest BCUT2D eigenvalue weighted by molar-refractivity contribution is -0.0879. The van der Waals surface area contributed by atoms with Crippen LogP contribution in [-0.2, 0) is 7.05 Å². The van der Waals surface area contributed by atoms with Crippen molar-refractivity contribution >= 4 is 11.8 Å². The molecule has 2 N–H and O–H groups in total. The number of rotatable bonds is 4. The van der Waals surface area contributed by atoms with Gasteiger partial charge in [-0.15, -0.1) is 0 Å². The third-order valence-corrected chi connectivity index (χ3v) is 6.07. The van der Waals surface area contributed by atoms with Gasteiger partial charge in [0.25, 0.3) is 0 Å². The van der Waals surface area contributed by atoms with Crippen molar-refractivity contribution in [2.24, 2.45) is 7.05 Å². The topological polar surface area (TPSA) is 59.0 Å². The molecule has 1 atom stereocenters. The summed E-state index contributed by atoms with van der Waals surface area (Å²) in [6.45, 7) is 0. The summed E-state index contributed by atoms with van der Waals surface area (Å²) < 4.78 is 54.8. The number of aromatic nitrogens is 2. The first-order valence-electron chi connectivity index (χ1n) is 9.53. The Labute approximate surface area is 154 Å². The van der Waals surface area contributed by atoms with Gasteiger partial charge in [0.05, 0.1) is 5.69 Å². The summed E-state index contributed by atoms with van der Waals surface area (Å²) in [7, 11) is 1.67. The van der Waals surface area contributed by atoms with Crippen LogP contribution in [0.1, 0.15) is 74.5 Å². The highest BCUT2D eigenvalue weighted by Gasteiger charge is 2.49. The van der Waals surface area contributed by atoms with Crippen LogP contribution in [0.4, 0.5) is 28.2 Å². The molecular formula is C18H24F4N4O. The van der Waals surface area contributed by atoms with Crippen LogP contribution in [0.15, 0.2) is 0 Å². The molecule has 3 aliphatic carbocycles.